The van der Waals surface area contributed by atoms with E-state index < -0.39 is 0 Å². The number of methoxy groups -OCH3 is 1. The molecule has 1 N–H and O–H groups in total. The molecule has 2 aromatic carbocycles. The number of hydrogen-bond donors (Lipinski definition) is 1. The summed E-state index contributed by atoms with van der Waals surface area (Å²) in [6, 6.07) is 15.2. The number of nitrogens with one attached hydrogen (secondary N) is 1. The van der Waals surface area contributed by atoms with Crippen LogP contribution < -0.4 is 10.1 Å². The molecule has 0 atom stereocenters. The van der Waals surface area contributed by atoms with E-state index in [4.69, 9.17) is 4.74 Å². The standard InChI is InChI=1S/C18H21NO/c1-13-3-10-17(18(11-13)20-2)19-12-14-4-6-15(7-5-14)16-8-9-16/h3-7,10-11,16,19H,8-9,12H2,1-2H3. The number of hydrogen-bond acceptors (Lipinski definition) is 2. The van der Waals surface area contributed by atoms with E-state index in [1.807, 2.05) is 0 Å². The van der Waals surface area contributed by atoms with E-state index in [1.165, 1.54) is 29.5 Å². The Morgan fingerprint density at radius 2 is 1.85 bits per heavy atom. The van der Waals surface area contributed by atoms with Gasteiger partial charge in [-0.1, -0.05) is 30.3 Å². The van der Waals surface area contributed by atoms with E-state index in [9.17, 15) is 0 Å². The molecule has 0 amide bonds. The molecule has 0 spiro atoms. The van der Waals surface area contributed by atoms with Crippen LogP contribution in [0.25, 0.3) is 0 Å². The number of aryl methyl sites for hydroxylation is 1. The van der Waals surface area contributed by atoms with Crippen molar-refractivity contribution < 1.29 is 4.74 Å². The summed E-state index contributed by atoms with van der Waals surface area (Å²) in [5.41, 5.74) is 5.05. The average Bonchev–Trinajstić information content (AvgIpc) is 3.31. The summed E-state index contributed by atoms with van der Waals surface area (Å²) in [5.74, 6) is 1.73. The van der Waals surface area contributed by atoms with Crippen molar-refractivity contribution in [1.29, 1.82) is 0 Å². The number of ether oxygens (including phenoxy) is 1. The molecule has 0 radical (unpaired) electrons. The van der Waals surface area contributed by atoms with Gasteiger partial charge in [0.05, 0.1) is 12.8 Å². The number of anilines is 1. The molecule has 104 valence electrons. The highest BCUT2D eigenvalue weighted by Gasteiger charge is 2.22. The van der Waals surface area contributed by atoms with E-state index in [1.54, 1.807) is 7.11 Å². The lowest BCUT2D eigenvalue weighted by Crippen LogP contribution is -2.01. The Bertz CT molecular complexity index is 585. The van der Waals surface area contributed by atoms with E-state index in [-0.39, 0.29) is 0 Å². The molecule has 2 heteroatoms. The Balaban J connectivity index is 1.66. The zero-order chi connectivity index (χ0) is 13.9. The highest BCUT2D eigenvalue weighted by atomic mass is 16.5. The van der Waals surface area contributed by atoms with Gasteiger partial charge in [-0.25, -0.2) is 0 Å². The summed E-state index contributed by atoms with van der Waals surface area (Å²) < 4.78 is 5.41. The van der Waals surface area contributed by atoms with Crippen molar-refractivity contribution in [3.63, 3.8) is 0 Å². The normalized spacial score (nSPS) is 14.1. The predicted molar refractivity (Wildman–Crippen MR) is 83.5 cm³/mol. The van der Waals surface area contributed by atoms with Gasteiger partial charge in [-0.2, -0.15) is 0 Å². The van der Waals surface area contributed by atoms with Crippen LogP contribution in [0.4, 0.5) is 5.69 Å². The first-order valence-electron chi connectivity index (χ1n) is 7.23. The van der Waals surface area contributed by atoms with E-state index >= 15 is 0 Å². The third-order valence-corrected chi connectivity index (χ3v) is 3.87. The van der Waals surface area contributed by atoms with E-state index in [0.717, 1.165) is 23.9 Å². The molecule has 1 saturated carbocycles. The first-order chi connectivity index (χ1) is 9.76. The third kappa shape index (κ3) is 2.96. The van der Waals surface area contributed by atoms with Gasteiger partial charge in [0, 0.05) is 6.54 Å². The Hall–Kier alpha value is -1.96. The Morgan fingerprint density at radius 3 is 2.50 bits per heavy atom. The molecular weight excluding hydrogens is 246 g/mol. The smallest absolute Gasteiger partial charge is 0.142 e. The maximum absolute atomic E-state index is 5.41. The molecule has 0 heterocycles. The summed E-state index contributed by atoms with van der Waals surface area (Å²) in [5, 5.41) is 3.45. The van der Waals surface area contributed by atoms with E-state index in [2.05, 4.69) is 54.7 Å². The van der Waals surface area contributed by atoms with Crippen LogP contribution in [-0.2, 0) is 6.54 Å². The molecule has 2 nitrogen and oxygen atoms in total. The minimum Gasteiger partial charge on any atom is -0.495 e. The second kappa shape index (κ2) is 5.58. The van der Waals surface area contributed by atoms with Gasteiger partial charge in [-0.3, -0.25) is 0 Å². The van der Waals surface area contributed by atoms with Crippen molar-refractivity contribution in [1.82, 2.24) is 0 Å². The quantitative estimate of drug-likeness (QED) is 0.861. The van der Waals surface area contributed by atoms with Crippen LogP contribution in [0.1, 0.15) is 35.4 Å². The summed E-state index contributed by atoms with van der Waals surface area (Å²) >= 11 is 0. The van der Waals surface area contributed by atoms with Crippen LogP contribution in [-0.4, -0.2) is 7.11 Å². The summed E-state index contributed by atoms with van der Waals surface area (Å²) in [4.78, 5) is 0. The fraction of sp³-hybridized carbons (Fsp3) is 0.333. The van der Waals surface area contributed by atoms with Gasteiger partial charge in [-0.15, -0.1) is 0 Å². The largest absolute Gasteiger partial charge is 0.495 e. The fourth-order valence-corrected chi connectivity index (χ4v) is 2.47. The highest BCUT2D eigenvalue weighted by molar-refractivity contribution is 5.57. The fourth-order valence-electron chi connectivity index (χ4n) is 2.47. The Kier molecular flexibility index (Phi) is 3.64. The van der Waals surface area contributed by atoms with Gasteiger partial charge in [-0.05, 0) is 54.5 Å². The lowest BCUT2D eigenvalue weighted by molar-refractivity contribution is 0.416. The molecule has 0 saturated heterocycles. The van der Waals surface area contributed by atoms with Crippen molar-refractivity contribution in [3.05, 3.63) is 59.2 Å². The van der Waals surface area contributed by atoms with Crippen LogP contribution in [0, 0.1) is 6.92 Å². The second-order valence-corrected chi connectivity index (χ2v) is 5.57. The summed E-state index contributed by atoms with van der Waals surface area (Å²) in [7, 11) is 1.71. The van der Waals surface area contributed by atoms with Crippen molar-refractivity contribution in [2.75, 3.05) is 12.4 Å². The molecular formula is C18H21NO. The Labute approximate surface area is 120 Å². The minimum absolute atomic E-state index is 0.824. The zero-order valence-corrected chi connectivity index (χ0v) is 12.1. The zero-order valence-electron chi connectivity index (χ0n) is 12.1. The third-order valence-electron chi connectivity index (χ3n) is 3.87. The molecule has 3 rings (SSSR count). The molecule has 1 aliphatic carbocycles. The SMILES string of the molecule is COc1cc(C)ccc1NCc1ccc(C2CC2)cc1. The first kappa shape index (κ1) is 13.0. The van der Waals surface area contributed by atoms with Gasteiger partial charge in [0.1, 0.15) is 5.75 Å². The molecule has 1 aliphatic rings. The van der Waals surface area contributed by atoms with Crippen LogP contribution >= 0.6 is 0 Å². The maximum atomic E-state index is 5.41. The van der Waals surface area contributed by atoms with Crippen molar-refractivity contribution >= 4 is 5.69 Å². The molecule has 0 aliphatic heterocycles. The van der Waals surface area contributed by atoms with E-state index in [0.29, 0.717) is 0 Å². The van der Waals surface area contributed by atoms with Crippen LogP contribution in [0.15, 0.2) is 42.5 Å². The molecule has 0 aromatic heterocycles. The lowest BCUT2D eigenvalue weighted by atomic mass is 10.1. The number of benzene rings is 2. The van der Waals surface area contributed by atoms with Crippen molar-refractivity contribution in [2.45, 2.75) is 32.2 Å². The Morgan fingerprint density at radius 1 is 1.10 bits per heavy atom. The highest BCUT2D eigenvalue weighted by Crippen LogP contribution is 2.39. The van der Waals surface area contributed by atoms with Crippen LogP contribution in [0.3, 0.4) is 0 Å². The molecule has 1 fully saturated rings. The molecule has 20 heavy (non-hydrogen) atoms. The van der Waals surface area contributed by atoms with Crippen LogP contribution in [0.2, 0.25) is 0 Å². The van der Waals surface area contributed by atoms with Gasteiger partial charge in [0.25, 0.3) is 0 Å². The summed E-state index contributed by atoms with van der Waals surface area (Å²) in [6.45, 7) is 2.90. The number of rotatable bonds is 5. The first-order valence-corrected chi connectivity index (χ1v) is 7.23. The lowest BCUT2D eigenvalue weighted by Gasteiger charge is -2.12. The maximum Gasteiger partial charge on any atom is 0.142 e. The predicted octanol–water partition coefficient (Wildman–Crippen LogP) is 4.49. The van der Waals surface area contributed by atoms with Crippen molar-refractivity contribution in [2.24, 2.45) is 0 Å². The molecule has 0 bridgehead atoms. The van der Waals surface area contributed by atoms with Gasteiger partial charge in [0.15, 0.2) is 0 Å². The summed E-state index contributed by atoms with van der Waals surface area (Å²) in [6.07, 6.45) is 2.72. The van der Waals surface area contributed by atoms with Crippen molar-refractivity contribution in [3.8, 4) is 5.75 Å². The topological polar surface area (TPSA) is 21.3 Å². The minimum atomic E-state index is 0.824. The molecule has 0 unspecified atom stereocenters. The monoisotopic (exact) mass is 267 g/mol. The van der Waals surface area contributed by atoms with Gasteiger partial charge in [0.2, 0.25) is 0 Å². The van der Waals surface area contributed by atoms with Crippen LogP contribution in [0.5, 0.6) is 5.75 Å². The average molecular weight is 267 g/mol. The van der Waals surface area contributed by atoms with Gasteiger partial charge < -0.3 is 10.1 Å². The molecule has 2 aromatic rings. The second-order valence-electron chi connectivity index (χ2n) is 5.57. The van der Waals surface area contributed by atoms with Gasteiger partial charge >= 0.3 is 0 Å².